The second kappa shape index (κ2) is 6.47. The molecule has 1 aromatic heterocycles. The van der Waals surface area contributed by atoms with E-state index in [4.69, 9.17) is 27.9 Å². The van der Waals surface area contributed by atoms with Gasteiger partial charge in [0.1, 0.15) is 23.1 Å². The summed E-state index contributed by atoms with van der Waals surface area (Å²) in [5.41, 5.74) is 1.66. The molecule has 0 bridgehead atoms. The predicted octanol–water partition coefficient (Wildman–Crippen LogP) is 4.13. The van der Waals surface area contributed by atoms with E-state index in [0.717, 1.165) is 11.4 Å². The number of hydrogen-bond donors (Lipinski definition) is 0. The number of hydrogen-bond acceptors (Lipinski definition) is 2. The summed E-state index contributed by atoms with van der Waals surface area (Å²) in [4.78, 5) is 4.27. The van der Waals surface area contributed by atoms with Gasteiger partial charge < -0.3 is 4.74 Å². The summed E-state index contributed by atoms with van der Waals surface area (Å²) in [7, 11) is 0. The molecule has 1 aromatic carbocycles. The molecular formula is C15H11Cl2NO. The number of pyridine rings is 1. The Bertz CT molecular complexity index is 644. The number of nitrogens with zero attached hydrogens (tertiary/aromatic N) is 1. The smallest absolute Gasteiger partial charge is 0.149 e. The van der Waals surface area contributed by atoms with Gasteiger partial charge in [0.25, 0.3) is 0 Å². The molecule has 0 N–H and O–H groups in total. The molecule has 96 valence electrons. The van der Waals surface area contributed by atoms with Crippen LogP contribution in [0.15, 0.2) is 36.4 Å². The van der Waals surface area contributed by atoms with Crippen molar-refractivity contribution >= 4 is 23.2 Å². The van der Waals surface area contributed by atoms with E-state index in [2.05, 4.69) is 16.8 Å². The molecule has 0 aliphatic carbocycles. The Morgan fingerprint density at radius 3 is 2.74 bits per heavy atom. The van der Waals surface area contributed by atoms with Crippen LogP contribution in [0.25, 0.3) is 0 Å². The third-order valence-electron chi connectivity index (χ3n) is 2.32. The van der Waals surface area contributed by atoms with E-state index in [9.17, 15) is 0 Å². The van der Waals surface area contributed by atoms with Crippen molar-refractivity contribution in [3.05, 3.63) is 57.8 Å². The van der Waals surface area contributed by atoms with Crippen molar-refractivity contribution in [2.75, 3.05) is 6.61 Å². The van der Waals surface area contributed by atoms with Gasteiger partial charge in [-0.1, -0.05) is 41.3 Å². The molecule has 0 atom stereocenters. The van der Waals surface area contributed by atoms with Crippen molar-refractivity contribution in [1.29, 1.82) is 0 Å². The molecular weight excluding hydrogens is 281 g/mol. The van der Waals surface area contributed by atoms with Crippen LogP contribution >= 0.6 is 23.2 Å². The van der Waals surface area contributed by atoms with Crippen molar-refractivity contribution in [3.63, 3.8) is 0 Å². The van der Waals surface area contributed by atoms with Crippen LogP contribution in [0.5, 0.6) is 5.75 Å². The first-order valence-electron chi connectivity index (χ1n) is 5.66. The van der Waals surface area contributed by atoms with Gasteiger partial charge in [-0.2, -0.15) is 0 Å². The lowest BCUT2D eigenvalue weighted by Crippen LogP contribution is -1.95. The minimum Gasteiger partial charge on any atom is -0.479 e. The molecule has 2 aromatic rings. The summed E-state index contributed by atoms with van der Waals surface area (Å²) >= 11 is 11.9. The average molecular weight is 292 g/mol. The third kappa shape index (κ3) is 3.89. The van der Waals surface area contributed by atoms with Gasteiger partial charge in [0.05, 0.1) is 5.02 Å². The third-order valence-corrected chi connectivity index (χ3v) is 3.12. The summed E-state index contributed by atoms with van der Waals surface area (Å²) in [6.45, 7) is 2.16. The Kier molecular flexibility index (Phi) is 4.68. The van der Waals surface area contributed by atoms with Crippen LogP contribution in [0.4, 0.5) is 0 Å². The monoisotopic (exact) mass is 291 g/mol. The van der Waals surface area contributed by atoms with Gasteiger partial charge >= 0.3 is 0 Å². The molecule has 4 heteroatoms. The molecule has 1 heterocycles. The van der Waals surface area contributed by atoms with Crippen LogP contribution in [0.3, 0.4) is 0 Å². The molecule has 0 aliphatic heterocycles. The zero-order valence-corrected chi connectivity index (χ0v) is 11.8. The SMILES string of the molecule is Cc1cccc(C#CCOc2cccc(Cl)c2Cl)n1. The van der Waals surface area contributed by atoms with Gasteiger partial charge in [0, 0.05) is 5.69 Å². The van der Waals surface area contributed by atoms with Crippen molar-refractivity contribution in [1.82, 2.24) is 4.98 Å². The van der Waals surface area contributed by atoms with Crippen LogP contribution in [0.2, 0.25) is 10.0 Å². The highest BCUT2D eigenvalue weighted by Crippen LogP contribution is 2.31. The Balaban J connectivity index is 1.99. The van der Waals surface area contributed by atoms with E-state index >= 15 is 0 Å². The van der Waals surface area contributed by atoms with Gasteiger partial charge in [0.2, 0.25) is 0 Å². The minimum atomic E-state index is 0.232. The molecule has 0 unspecified atom stereocenters. The summed E-state index contributed by atoms with van der Waals surface area (Å²) in [5, 5.41) is 0.868. The largest absolute Gasteiger partial charge is 0.479 e. The Labute approximate surface area is 122 Å². The Morgan fingerprint density at radius 1 is 1.16 bits per heavy atom. The molecule has 2 rings (SSSR count). The van der Waals surface area contributed by atoms with E-state index < -0.39 is 0 Å². The highest BCUT2D eigenvalue weighted by Gasteiger charge is 2.03. The van der Waals surface area contributed by atoms with E-state index in [1.165, 1.54) is 0 Å². The van der Waals surface area contributed by atoms with Crippen LogP contribution in [0, 0.1) is 18.8 Å². The van der Waals surface area contributed by atoms with Crippen LogP contribution in [-0.2, 0) is 0 Å². The fourth-order valence-electron chi connectivity index (χ4n) is 1.45. The van der Waals surface area contributed by atoms with Gasteiger partial charge in [0.15, 0.2) is 0 Å². The lowest BCUT2D eigenvalue weighted by Gasteiger charge is -2.04. The molecule has 19 heavy (non-hydrogen) atoms. The lowest BCUT2D eigenvalue weighted by atomic mass is 10.3. The van der Waals surface area contributed by atoms with Crippen LogP contribution < -0.4 is 4.74 Å². The number of benzene rings is 1. The van der Waals surface area contributed by atoms with Gasteiger partial charge in [-0.3, -0.25) is 0 Å². The minimum absolute atomic E-state index is 0.232. The van der Waals surface area contributed by atoms with E-state index in [-0.39, 0.29) is 6.61 Å². The number of rotatable bonds is 2. The second-order valence-corrected chi connectivity index (χ2v) is 4.59. The Hall–Kier alpha value is -1.69. The molecule has 2 nitrogen and oxygen atoms in total. The van der Waals surface area contributed by atoms with E-state index in [0.29, 0.717) is 15.8 Å². The molecule has 0 aliphatic rings. The highest BCUT2D eigenvalue weighted by molar-refractivity contribution is 6.42. The average Bonchev–Trinajstić information content (AvgIpc) is 2.39. The van der Waals surface area contributed by atoms with Crippen molar-refractivity contribution in [3.8, 4) is 17.6 Å². The Morgan fingerprint density at radius 2 is 1.95 bits per heavy atom. The topological polar surface area (TPSA) is 22.1 Å². The summed E-state index contributed by atoms with van der Waals surface area (Å²) in [6, 6.07) is 10.9. The maximum atomic E-state index is 5.99. The number of ether oxygens (including phenoxy) is 1. The van der Waals surface area contributed by atoms with Crippen molar-refractivity contribution in [2.45, 2.75) is 6.92 Å². The fourth-order valence-corrected chi connectivity index (χ4v) is 1.80. The molecule has 0 amide bonds. The summed E-state index contributed by atoms with van der Waals surface area (Å²) < 4.78 is 5.45. The van der Waals surface area contributed by atoms with Crippen molar-refractivity contribution < 1.29 is 4.74 Å². The molecule has 0 saturated carbocycles. The maximum absolute atomic E-state index is 5.99. The number of aryl methyl sites for hydroxylation is 1. The zero-order chi connectivity index (χ0) is 13.7. The molecule has 0 radical (unpaired) electrons. The normalized spacial score (nSPS) is 9.63. The molecule has 0 spiro atoms. The van der Waals surface area contributed by atoms with Crippen LogP contribution in [-0.4, -0.2) is 11.6 Å². The molecule has 0 saturated heterocycles. The first-order chi connectivity index (χ1) is 9.16. The lowest BCUT2D eigenvalue weighted by molar-refractivity contribution is 0.370. The van der Waals surface area contributed by atoms with Crippen LogP contribution in [0.1, 0.15) is 11.4 Å². The van der Waals surface area contributed by atoms with Gasteiger partial charge in [-0.05, 0) is 37.1 Å². The van der Waals surface area contributed by atoms with Gasteiger partial charge in [-0.25, -0.2) is 4.98 Å². The predicted molar refractivity (Wildman–Crippen MR) is 77.8 cm³/mol. The van der Waals surface area contributed by atoms with Crippen molar-refractivity contribution in [2.24, 2.45) is 0 Å². The summed E-state index contributed by atoms with van der Waals surface area (Å²) in [5.74, 6) is 6.34. The van der Waals surface area contributed by atoms with E-state index in [1.54, 1.807) is 18.2 Å². The quantitative estimate of drug-likeness (QED) is 0.776. The second-order valence-electron chi connectivity index (χ2n) is 3.81. The molecule has 0 fully saturated rings. The van der Waals surface area contributed by atoms with Gasteiger partial charge in [-0.15, -0.1) is 0 Å². The first-order valence-corrected chi connectivity index (χ1v) is 6.42. The number of halogens is 2. The number of aromatic nitrogens is 1. The maximum Gasteiger partial charge on any atom is 0.149 e. The highest BCUT2D eigenvalue weighted by atomic mass is 35.5. The summed E-state index contributed by atoms with van der Waals surface area (Å²) in [6.07, 6.45) is 0. The standard InChI is InChI=1S/C15H11Cl2NO/c1-11-5-2-6-12(18-11)7-4-10-19-14-9-3-8-13(16)15(14)17/h2-3,5-6,8-9H,10H2,1H3. The van der Waals surface area contributed by atoms with E-state index in [1.807, 2.05) is 25.1 Å². The fraction of sp³-hybridized carbons (Fsp3) is 0.133. The zero-order valence-electron chi connectivity index (χ0n) is 10.3. The first kappa shape index (κ1) is 13.7.